The van der Waals surface area contributed by atoms with Crippen LogP contribution < -0.4 is 15.8 Å². The molecule has 19 heavy (non-hydrogen) atoms. The lowest BCUT2D eigenvalue weighted by molar-refractivity contribution is -0.121. The molecule has 0 aliphatic rings. The van der Waals surface area contributed by atoms with E-state index in [-0.39, 0.29) is 11.4 Å². The molecule has 0 atom stereocenters. The van der Waals surface area contributed by atoms with Crippen molar-refractivity contribution in [2.24, 2.45) is 5.73 Å². The van der Waals surface area contributed by atoms with Gasteiger partial charge in [0.15, 0.2) is 0 Å². The Kier molecular flexibility index (Phi) is 6.31. The van der Waals surface area contributed by atoms with Crippen molar-refractivity contribution in [3.05, 3.63) is 28.7 Å². The van der Waals surface area contributed by atoms with E-state index < -0.39 is 0 Å². The summed E-state index contributed by atoms with van der Waals surface area (Å²) in [5, 5.41) is 2.80. The first-order valence-corrected chi connectivity index (χ1v) is 7.10. The van der Waals surface area contributed by atoms with Gasteiger partial charge in [0, 0.05) is 23.0 Å². The molecule has 1 amide bonds. The third-order valence-corrected chi connectivity index (χ3v) is 2.85. The summed E-state index contributed by atoms with van der Waals surface area (Å²) in [5.74, 6) is 0.814. The summed E-state index contributed by atoms with van der Waals surface area (Å²) in [6.45, 7) is 4.77. The summed E-state index contributed by atoms with van der Waals surface area (Å²) in [7, 11) is 0. The van der Waals surface area contributed by atoms with E-state index in [9.17, 15) is 4.79 Å². The lowest BCUT2D eigenvalue weighted by Crippen LogP contribution is -2.45. The second kappa shape index (κ2) is 7.50. The van der Waals surface area contributed by atoms with Crippen molar-refractivity contribution in [1.82, 2.24) is 5.32 Å². The molecule has 0 bridgehead atoms. The highest BCUT2D eigenvalue weighted by Crippen LogP contribution is 2.17. The van der Waals surface area contributed by atoms with Crippen LogP contribution in [-0.4, -0.2) is 24.6 Å². The maximum atomic E-state index is 11.5. The Labute approximate surface area is 122 Å². The molecule has 0 aliphatic carbocycles. The quantitative estimate of drug-likeness (QED) is 0.756. The Balaban J connectivity index is 2.15. The molecule has 4 nitrogen and oxygen atoms in total. The van der Waals surface area contributed by atoms with E-state index in [1.54, 1.807) is 0 Å². The zero-order chi connectivity index (χ0) is 14.3. The second-order valence-corrected chi connectivity index (χ2v) is 6.09. The van der Waals surface area contributed by atoms with Gasteiger partial charge in [0.2, 0.25) is 5.91 Å². The fourth-order valence-electron chi connectivity index (χ4n) is 1.39. The molecule has 0 aromatic heterocycles. The number of carbonyl (C=O) groups excluding carboxylic acids is 1. The minimum absolute atomic E-state index is 0.0105. The van der Waals surface area contributed by atoms with Crippen molar-refractivity contribution in [3.63, 3.8) is 0 Å². The summed E-state index contributed by atoms with van der Waals surface area (Å²) in [5.41, 5.74) is 5.41. The Bertz CT molecular complexity index is 416. The highest BCUT2D eigenvalue weighted by Gasteiger charge is 2.11. The number of hydrogen-bond donors (Lipinski definition) is 2. The van der Waals surface area contributed by atoms with Gasteiger partial charge >= 0.3 is 0 Å². The van der Waals surface area contributed by atoms with Crippen molar-refractivity contribution < 1.29 is 9.53 Å². The van der Waals surface area contributed by atoms with Crippen LogP contribution in [0.4, 0.5) is 0 Å². The number of benzene rings is 1. The summed E-state index contributed by atoms with van der Waals surface area (Å²) >= 11 is 3.38. The van der Waals surface area contributed by atoms with Crippen LogP contribution in [0.25, 0.3) is 0 Å². The van der Waals surface area contributed by atoms with Gasteiger partial charge in [-0.05, 0) is 38.5 Å². The molecule has 3 N–H and O–H groups in total. The molecule has 0 unspecified atom stereocenters. The monoisotopic (exact) mass is 328 g/mol. The predicted molar refractivity (Wildman–Crippen MR) is 80.1 cm³/mol. The first kappa shape index (κ1) is 16.0. The zero-order valence-electron chi connectivity index (χ0n) is 11.4. The van der Waals surface area contributed by atoms with Gasteiger partial charge in [-0.2, -0.15) is 0 Å². The molecule has 5 heteroatoms. The minimum atomic E-state index is -0.373. The van der Waals surface area contributed by atoms with E-state index in [0.29, 0.717) is 26.0 Å². The molecule has 0 spiro atoms. The van der Waals surface area contributed by atoms with Gasteiger partial charge in [-0.15, -0.1) is 0 Å². The maximum Gasteiger partial charge on any atom is 0.220 e. The fraction of sp³-hybridized carbons (Fsp3) is 0.500. The van der Waals surface area contributed by atoms with Gasteiger partial charge in [-0.3, -0.25) is 4.79 Å². The van der Waals surface area contributed by atoms with Crippen LogP contribution in [-0.2, 0) is 4.79 Å². The number of ether oxygens (including phenoxy) is 1. The largest absolute Gasteiger partial charge is 0.494 e. The normalized spacial score (nSPS) is 11.2. The van der Waals surface area contributed by atoms with Crippen molar-refractivity contribution in [3.8, 4) is 5.75 Å². The first-order valence-electron chi connectivity index (χ1n) is 6.31. The van der Waals surface area contributed by atoms with Gasteiger partial charge < -0.3 is 15.8 Å². The van der Waals surface area contributed by atoms with Crippen LogP contribution in [0.2, 0.25) is 0 Å². The van der Waals surface area contributed by atoms with Gasteiger partial charge in [0.05, 0.1) is 6.61 Å². The van der Waals surface area contributed by atoms with E-state index >= 15 is 0 Å². The summed E-state index contributed by atoms with van der Waals surface area (Å²) in [6, 6.07) is 7.64. The molecule has 0 fully saturated rings. The van der Waals surface area contributed by atoms with E-state index in [4.69, 9.17) is 10.5 Å². The Morgan fingerprint density at radius 3 is 2.84 bits per heavy atom. The molecular weight excluding hydrogens is 308 g/mol. The lowest BCUT2D eigenvalue weighted by atomic mass is 10.1. The number of hydrogen-bond acceptors (Lipinski definition) is 3. The molecule has 1 aromatic rings. The highest BCUT2D eigenvalue weighted by molar-refractivity contribution is 9.10. The number of rotatable bonds is 7. The molecular formula is C14H21BrN2O2. The van der Waals surface area contributed by atoms with Crippen molar-refractivity contribution >= 4 is 21.8 Å². The van der Waals surface area contributed by atoms with Crippen molar-refractivity contribution in [2.45, 2.75) is 32.2 Å². The van der Waals surface area contributed by atoms with Crippen LogP contribution in [0.3, 0.4) is 0 Å². The number of nitrogens with two attached hydrogens (primary N) is 1. The van der Waals surface area contributed by atoms with Crippen LogP contribution in [0.15, 0.2) is 28.7 Å². The first-order chi connectivity index (χ1) is 8.87. The van der Waals surface area contributed by atoms with Gasteiger partial charge in [0.1, 0.15) is 5.75 Å². The SMILES string of the molecule is CC(C)(N)CNC(=O)CCCOc1cccc(Br)c1. The maximum absolute atomic E-state index is 11.5. The number of amides is 1. The third-order valence-electron chi connectivity index (χ3n) is 2.35. The van der Waals surface area contributed by atoms with Crippen LogP contribution in [0.5, 0.6) is 5.75 Å². The second-order valence-electron chi connectivity index (χ2n) is 5.17. The predicted octanol–water partition coefficient (Wildman–Crippen LogP) is 2.46. The number of halogens is 1. The smallest absolute Gasteiger partial charge is 0.220 e. The molecule has 0 heterocycles. The zero-order valence-corrected chi connectivity index (χ0v) is 13.0. The van der Waals surface area contributed by atoms with Gasteiger partial charge in [-0.25, -0.2) is 0 Å². The molecule has 1 rings (SSSR count). The third kappa shape index (κ3) is 7.85. The molecule has 0 saturated heterocycles. The number of carbonyl (C=O) groups is 1. The molecule has 1 aromatic carbocycles. The van der Waals surface area contributed by atoms with Crippen LogP contribution >= 0.6 is 15.9 Å². The number of nitrogens with one attached hydrogen (secondary N) is 1. The van der Waals surface area contributed by atoms with Crippen molar-refractivity contribution in [2.75, 3.05) is 13.2 Å². The van der Waals surface area contributed by atoms with Gasteiger partial charge in [0.25, 0.3) is 0 Å². The Morgan fingerprint density at radius 1 is 1.47 bits per heavy atom. The standard InChI is InChI=1S/C14H21BrN2O2/c1-14(2,16)10-17-13(18)7-4-8-19-12-6-3-5-11(15)9-12/h3,5-6,9H,4,7-8,10,16H2,1-2H3,(H,17,18). The Hall–Kier alpha value is -1.07. The van der Waals surface area contributed by atoms with Crippen LogP contribution in [0, 0.1) is 0 Å². The van der Waals surface area contributed by atoms with Gasteiger partial charge in [-0.1, -0.05) is 22.0 Å². The molecule has 106 valence electrons. The van der Waals surface area contributed by atoms with E-state index in [1.807, 2.05) is 38.1 Å². The van der Waals surface area contributed by atoms with E-state index in [2.05, 4.69) is 21.2 Å². The van der Waals surface area contributed by atoms with Crippen LogP contribution in [0.1, 0.15) is 26.7 Å². The summed E-state index contributed by atoms with van der Waals surface area (Å²) in [4.78, 5) is 11.5. The summed E-state index contributed by atoms with van der Waals surface area (Å²) in [6.07, 6.45) is 1.13. The van der Waals surface area contributed by atoms with E-state index in [1.165, 1.54) is 0 Å². The lowest BCUT2D eigenvalue weighted by Gasteiger charge is -2.18. The molecule has 0 radical (unpaired) electrons. The molecule has 0 aliphatic heterocycles. The summed E-state index contributed by atoms with van der Waals surface area (Å²) < 4.78 is 6.53. The Morgan fingerprint density at radius 2 is 2.21 bits per heavy atom. The topological polar surface area (TPSA) is 64.3 Å². The highest BCUT2D eigenvalue weighted by atomic mass is 79.9. The molecule has 0 saturated carbocycles. The fourth-order valence-corrected chi connectivity index (χ4v) is 1.77. The minimum Gasteiger partial charge on any atom is -0.494 e. The average molecular weight is 329 g/mol. The van der Waals surface area contributed by atoms with E-state index in [0.717, 1.165) is 10.2 Å². The average Bonchev–Trinajstić information content (AvgIpc) is 2.31. The van der Waals surface area contributed by atoms with Crippen molar-refractivity contribution in [1.29, 1.82) is 0 Å².